The third kappa shape index (κ3) is 2.51. The Morgan fingerprint density at radius 1 is 1.39 bits per heavy atom. The number of amides is 2. The minimum absolute atomic E-state index is 0.107. The zero-order valence-electron chi connectivity index (χ0n) is 9.01. The number of thiazole rings is 1. The number of halogens is 1. The number of benzene rings is 1. The number of hydrogen-bond acceptors (Lipinski definition) is 4. The molecule has 3 N–H and O–H groups in total. The van der Waals surface area contributed by atoms with E-state index in [0.717, 1.165) is 6.07 Å². The highest BCUT2D eigenvalue weighted by Crippen LogP contribution is 2.17. The molecule has 0 aliphatic heterocycles. The Kier molecular flexibility index (Phi) is 3.33. The summed E-state index contributed by atoms with van der Waals surface area (Å²) in [6, 6.07) is 3.49. The normalized spacial score (nSPS) is 10.1. The number of carbonyl (C=O) groups excluding carboxylic acids is 2. The zero-order valence-corrected chi connectivity index (χ0v) is 9.83. The molecule has 1 aromatic carbocycles. The van der Waals surface area contributed by atoms with Crippen molar-refractivity contribution in [2.24, 2.45) is 5.73 Å². The third-order valence-electron chi connectivity index (χ3n) is 2.16. The molecular weight excluding hydrogens is 257 g/mol. The number of primary amides is 1. The largest absolute Gasteiger partial charge is 0.366 e. The SMILES string of the molecule is NC(=O)c1ccc(F)c(NC(=O)c2cscn2)c1. The van der Waals surface area contributed by atoms with Gasteiger partial charge in [0.15, 0.2) is 0 Å². The van der Waals surface area contributed by atoms with E-state index in [4.69, 9.17) is 5.73 Å². The van der Waals surface area contributed by atoms with Gasteiger partial charge in [0.1, 0.15) is 11.5 Å². The molecule has 0 atom stereocenters. The Morgan fingerprint density at radius 3 is 2.78 bits per heavy atom. The monoisotopic (exact) mass is 265 g/mol. The van der Waals surface area contributed by atoms with Crippen LogP contribution in [0.2, 0.25) is 0 Å². The highest BCUT2D eigenvalue weighted by atomic mass is 32.1. The molecule has 1 heterocycles. The predicted octanol–water partition coefficient (Wildman–Crippen LogP) is 1.63. The molecule has 1 aromatic heterocycles. The quantitative estimate of drug-likeness (QED) is 0.884. The van der Waals surface area contributed by atoms with Crippen molar-refractivity contribution < 1.29 is 14.0 Å². The van der Waals surface area contributed by atoms with Gasteiger partial charge in [-0.25, -0.2) is 9.37 Å². The van der Waals surface area contributed by atoms with Crippen molar-refractivity contribution >= 4 is 28.8 Å². The van der Waals surface area contributed by atoms with Gasteiger partial charge in [-0.2, -0.15) is 0 Å². The van der Waals surface area contributed by atoms with E-state index in [2.05, 4.69) is 10.3 Å². The van der Waals surface area contributed by atoms with E-state index < -0.39 is 17.6 Å². The molecule has 0 bridgehead atoms. The molecule has 0 unspecified atom stereocenters. The maximum atomic E-state index is 13.5. The number of nitrogens with one attached hydrogen (secondary N) is 1. The number of aromatic nitrogens is 1. The molecule has 0 radical (unpaired) electrons. The highest BCUT2D eigenvalue weighted by molar-refractivity contribution is 7.07. The van der Waals surface area contributed by atoms with E-state index in [1.807, 2.05) is 0 Å². The van der Waals surface area contributed by atoms with Crippen LogP contribution in [-0.2, 0) is 0 Å². The van der Waals surface area contributed by atoms with Crippen LogP contribution in [0, 0.1) is 5.82 Å². The molecule has 2 rings (SSSR count). The fraction of sp³-hybridized carbons (Fsp3) is 0. The topological polar surface area (TPSA) is 85.1 Å². The van der Waals surface area contributed by atoms with Crippen LogP contribution in [0.15, 0.2) is 29.1 Å². The molecule has 7 heteroatoms. The van der Waals surface area contributed by atoms with E-state index >= 15 is 0 Å². The average Bonchev–Trinajstić information content (AvgIpc) is 2.85. The van der Waals surface area contributed by atoms with Crippen molar-refractivity contribution in [2.75, 3.05) is 5.32 Å². The highest BCUT2D eigenvalue weighted by Gasteiger charge is 2.12. The lowest BCUT2D eigenvalue weighted by Gasteiger charge is -2.06. The number of nitrogens with zero attached hydrogens (tertiary/aromatic N) is 1. The Balaban J connectivity index is 2.26. The summed E-state index contributed by atoms with van der Waals surface area (Å²) >= 11 is 1.25. The fourth-order valence-electron chi connectivity index (χ4n) is 1.29. The molecule has 2 amide bonds. The molecule has 0 saturated carbocycles. The van der Waals surface area contributed by atoms with Gasteiger partial charge >= 0.3 is 0 Å². The fourth-order valence-corrected chi connectivity index (χ4v) is 1.82. The van der Waals surface area contributed by atoms with Crippen molar-refractivity contribution in [1.82, 2.24) is 4.98 Å². The molecule has 0 saturated heterocycles. The van der Waals surface area contributed by atoms with E-state index in [-0.39, 0.29) is 16.9 Å². The first kappa shape index (κ1) is 12.2. The molecule has 5 nitrogen and oxygen atoms in total. The van der Waals surface area contributed by atoms with Gasteiger partial charge in [-0.15, -0.1) is 11.3 Å². The predicted molar refractivity (Wildman–Crippen MR) is 65.0 cm³/mol. The van der Waals surface area contributed by atoms with Gasteiger partial charge in [0.2, 0.25) is 5.91 Å². The Bertz CT molecular complexity index is 598. The number of rotatable bonds is 3. The van der Waals surface area contributed by atoms with Crippen molar-refractivity contribution in [3.8, 4) is 0 Å². The summed E-state index contributed by atoms with van der Waals surface area (Å²) in [5.41, 5.74) is 6.76. The van der Waals surface area contributed by atoms with Gasteiger partial charge < -0.3 is 11.1 Å². The molecule has 18 heavy (non-hydrogen) atoms. The Labute approximate surface area is 105 Å². The summed E-state index contributed by atoms with van der Waals surface area (Å²) in [6.45, 7) is 0. The van der Waals surface area contributed by atoms with Gasteiger partial charge in [-0.1, -0.05) is 0 Å². The lowest BCUT2D eigenvalue weighted by Crippen LogP contribution is -2.15. The second kappa shape index (κ2) is 4.92. The molecule has 0 spiro atoms. The van der Waals surface area contributed by atoms with E-state index in [0.29, 0.717) is 0 Å². The van der Waals surface area contributed by atoms with Crippen LogP contribution in [0.1, 0.15) is 20.8 Å². The number of hydrogen-bond donors (Lipinski definition) is 2. The van der Waals surface area contributed by atoms with Crippen LogP contribution in [0.25, 0.3) is 0 Å². The van der Waals surface area contributed by atoms with Crippen LogP contribution in [-0.4, -0.2) is 16.8 Å². The smallest absolute Gasteiger partial charge is 0.275 e. The van der Waals surface area contributed by atoms with Crippen molar-refractivity contribution in [3.05, 3.63) is 46.2 Å². The second-order valence-corrected chi connectivity index (χ2v) is 4.11. The van der Waals surface area contributed by atoms with Crippen LogP contribution >= 0.6 is 11.3 Å². The van der Waals surface area contributed by atoms with Crippen molar-refractivity contribution in [3.63, 3.8) is 0 Å². The minimum Gasteiger partial charge on any atom is -0.366 e. The van der Waals surface area contributed by atoms with E-state index in [9.17, 15) is 14.0 Å². The van der Waals surface area contributed by atoms with Crippen LogP contribution in [0.3, 0.4) is 0 Å². The number of nitrogens with two attached hydrogens (primary N) is 1. The summed E-state index contributed by atoms with van der Waals surface area (Å²) in [5, 5.41) is 3.86. The number of anilines is 1. The lowest BCUT2D eigenvalue weighted by molar-refractivity contribution is 0.0995. The first-order valence-corrected chi connectivity index (χ1v) is 5.81. The van der Waals surface area contributed by atoms with Crippen LogP contribution in [0.4, 0.5) is 10.1 Å². The maximum absolute atomic E-state index is 13.5. The molecule has 2 aromatic rings. The average molecular weight is 265 g/mol. The standard InChI is InChI=1S/C11H8FN3O2S/c12-7-2-1-6(10(13)16)3-8(7)15-11(17)9-4-18-5-14-9/h1-5H,(H2,13,16)(H,15,17). The van der Waals surface area contributed by atoms with Crippen molar-refractivity contribution in [1.29, 1.82) is 0 Å². The van der Waals surface area contributed by atoms with Gasteiger partial charge in [-0.3, -0.25) is 9.59 Å². The van der Waals surface area contributed by atoms with Crippen LogP contribution < -0.4 is 11.1 Å². The molecular formula is C11H8FN3O2S. The van der Waals surface area contributed by atoms with Crippen LogP contribution in [0.5, 0.6) is 0 Å². The first-order valence-electron chi connectivity index (χ1n) is 4.87. The molecule has 0 fully saturated rings. The van der Waals surface area contributed by atoms with Gasteiger partial charge in [0, 0.05) is 10.9 Å². The molecule has 92 valence electrons. The summed E-state index contributed by atoms with van der Waals surface area (Å²) in [6.07, 6.45) is 0. The Morgan fingerprint density at radius 2 is 2.17 bits per heavy atom. The summed E-state index contributed by atoms with van der Waals surface area (Å²) < 4.78 is 13.5. The number of carbonyl (C=O) groups is 2. The van der Waals surface area contributed by atoms with E-state index in [1.165, 1.54) is 34.4 Å². The lowest BCUT2D eigenvalue weighted by atomic mass is 10.2. The van der Waals surface area contributed by atoms with Gasteiger partial charge in [-0.05, 0) is 18.2 Å². The third-order valence-corrected chi connectivity index (χ3v) is 2.75. The first-order chi connectivity index (χ1) is 8.58. The molecule has 0 aliphatic rings. The summed E-state index contributed by atoms with van der Waals surface area (Å²) in [4.78, 5) is 26.4. The Hall–Kier alpha value is -2.28. The van der Waals surface area contributed by atoms with Gasteiger partial charge in [0.05, 0.1) is 11.2 Å². The maximum Gasteiger partial charge on any atom is 0.275 e. The van der Waals surface area contributed by atoms with Crippen molar-refractivity contribution in [2.45, 2.75) is 0 Å². The minimum atomic E-state index is -0.695. The van der Waals surface area contributed by atoms with E-state index in [1.54, 1.807) is 0 Å². The van der Waals surface area contributed by atoms with Gasteiger partial charge in [0.25, 0.3) is 5.91 Å². The second-order valence-electron chi connectivity index (χ2n) is 3.39. The molecule has 0 aliphatic carbocycles. The summed E-state index contributed by atoms with van der Waals surface area (Å²) in [5.74, 6) is -1.89. The zero-order chi connectivity index (χ0) is 13.1. The summed E-state index contributed by atoms with van der Waals surface area (Å²) in [7, 11) is 0.